The maximum atomic E-state index is 13.0. The molecule has 0 heterocycles. The summed E-state index contributed by atoms with van der Waals surface area (Å²) in [4.78, 5) is 72.6. The molecule has 0 aliphatic heterocycles. The summed E-state index contributed by atoms with van der Waals surface area (Å²) in [5.41, 5.74) is 0. The van der Waals surface area contributed by atoms with Crippen molar-refractivity contribution in [3.05, 3.63) is 0 Å². The third-order valence-electron chi connectivity index (χ3n) is 17.0. The summed E-state index contributed by atoms with van der Waals surface area (Å²) in [5.74, 6) is 0.135. The van der Waals surface area contributed by atoms with Gasteiger partial charge >= 0.3 is 39.5 Å². The topological polar surface area (TPSA) is 237 Å². The van der Waals surface area contributed by atoms with Crippen LogP contribution < -0.4 is 0 Å². The van der Waals surface area contributed by atoms with Crippen molar-refractivity contribution in [1.29, 1.82) is 0 Å². The molecule has 91 heavy (non-hydrogen) atoms. The largest absolute Gasteiger partial charge is 0.472 e. The third kappa shape index (κ3) is 65.1. The molecule has 17 nitrogen and oxygen atoms in total. The van der Waals surface area contributed by atoms with Crippen LogP contribution in [-0.2, 0) is 65.4 Å². The SMILES string of the molecule is CCCCCCCCCCCCCCC(=O)O[C@H](COC(=O)CCCCCCCCC(C)C)COP(=O)(O)OC[C@H](O)COP(=O)(O)OC[C@@H](COC(=O)CCCCCCCCCCC(C)CC)OC(=O)CCCCCCCCCCCCCCCCCC(C)C. The molecule has 3 N–H and O–H groups in total. The summed E-state index contributed by atoms with van der Waals surface area (Å²) >= 11 is 0. The van der Waals surface area contributed by atoms with E-state index in [-0.39, 0.29) is 25.7 Å². The number of aliphatic hydroxyl groups is 1. The summed E-state index contributed by atoms with van der Waals surface area (Å²) in [7, 11) is -9.90. The molecule has 0 bridgehead atoms. The quantitative estimate of drug-likeness (QED) is 0.0222. The summed E-state index contributed by atoms with van der Waals surface area (Å²) in [6, 6.07) is 0. The second-order valence-electron chi connectivity index (χ2n) is 27.2. The Hall–Kier alpha value is -1.94. The lowest BCUT2D eigenvalue weighted by Crippen LogP contribution is -2.30. The average Bonchev–Trinajstić information content (AvgIpc) is 3.60. The number of rotatable bonds is 70. The Morgan fingerprint density at radius 3 is 0.835 bits per heavy atom. The van der Waals surface area contributed by atoms with E-state index in [1.54, 1.807) is 0 Å². The molecule has 3 unspecified atom stereocenters. The molecule has 0 aromatic rings. The monoisotopic (exact) mass is 1340 g/mol. The normalized spacial score (nSPS) is 14.5. The van der Waals surface area contributed by atoms with Gasteiger partial charge in [0, 0.05) is 25.7 Å². The van der Waals surface area contributed by atoms with Gasteiger partial charge in [0.25, 0.3) is 0 Å². The minimum Gasteiger partial charge on any atom is -0.462 e. The van der Waals surface area contributed by atoms with Gasteiger partial charge in [0.1, 0.15) is 19.3 Å². The van der Waals surface area contributed by atoms with Crippen LogP contribution in [0, 0.1) is 17.8 Å². The molecule has 0 amide bonds. The Kier molecular flexibility index (Phi) is 61.5. The summed E-state index contributed by atoms with van der Waals surface area (Å²) in [5, 5.41) is 10.6. The van der Waals surface area contributed by atoms with E-state index in [1.165, 1.54) is 167 Å². The Bertz CT molecular complexity index is 1790. The first-order valence-corrected chi connectivity index (χ1v) is 40.4. The van der Waals surface area contributed by atoms with Gasteiger partial charge in [-0.25, -0.2) is 9.13 Å². The van der Waals surface area contributed by atoms with Gasteiger partial charge in [0.05, 0.1) is 26.4 Å². The lowest BCUT2D eigenvalue weighted by Gasteiger charge is -2.21. The molecule has 0 aliphatic carbocycles. The second-order valence-corrected chi connectivity index (χ2v) is 30.1. The number of unbranched alkanes of at least 4 members (excludes halogenated alkanes) is 37. The van der Waals surface area contributed by atoms with E-state index in [4.69, 9.17) is 37.0 Å². The molecule has 0 aromatic carbocycles. The second kappa shape index (κ2) is 62.8. The van der Waals surface area contributed by atoms with Gasteiger partial charge in [-0.05, 0) is 43.4 Å². The van der Waals surface area contributed by atoms with Crippen molar-refractivity contribution in [2.45, 2.75) is 381 Å². The summed E-state index contributed by atoms with van der Waals surface area (Å²) in [6.45, 7) is 11.8. The lowest BCUT2D eigenvalue weighted by molar-refractivity contribution is -0.161. The molecule has 0 saturated carbocycles. The molecule has 0 radical (unpaired) electrons. The van der Waals surface area contributed by atoms with Crippen LogP contribution >= 0.6 is 15.6 Å². The van der Waals surface area contributed by atoms with E-state index in [9.17, 15) is 43.2 Å². The van der Waals surface area contributed by atoms with Gasteiger partial charge in [-0.15, -0.1) is 0 Å². The maximum absolute atomic E-state index is 13.0. The first kappa shape index (κ1) is 89.1. The Labute approximate surface area is 556 Å². The molecule has 0 spiro atoms. The van der Waals surface area contributed by atoms with Crippen LogP contribution in [0.4, 0.5) is 0 Å². The first-order chi connectivity index (χ1) is 43.8. The fourth-order valence-electron chi connectivity index (χ4n) is 10.9. The third-order valence-corrected chi connectivity index (χ3v) is 18.9. The number of hydrogen-bond acceptors (Lipinski definition) is 15. The van der Waals surface area contributed by atoms with Crippen LogP contribution in [0.2, 0.25) is 0 Å². The number of phosphoric ester groups is 2. The number of hydrogen-bond donors (Lipinski definition) is 3. The van der Waals surface area contributed by atoms with Crippen molar-refractivity contribution >= 4 is 39.5 Å². The zero-order valence-corrected chi connectivity index (χ0v) is 61.1. The van der Waals surface area contributed by atoms with Gasteiger partial charge in [0.2, 0.25) is 0 Å². The molecule has 540 valence electrons. The van der Waals surface area contributed by atoms with Crippen molar-refractivity contribution in [1.82, 2.24) is 0 Å². The van der Waals surface area contributed by atoms with E-state index in [2.05, 4.69) is 48.5 Å². The van der Waals surface area contributed by atoms with Crippen molar-refractivity contribution in [2.75, 3.05) is 39.6 Å². The zero-order valence-electron chi connectivity index (χ0n) is 59.3. The van der Waals surface area contributed by atoms with E-state index in [0.29, 0.717) is 31.6 Å². The molecular formula is C72H140O17P2. The molecule has 19 heteroatoms. The molecule has 0 fully saturated rings. The molecule has 0 aliphatic rings. The maximum Gasteiger partial charge on any atom is 0.472 e. The van der Waals surface area contributed by atoms with Crippen molar-refractivity contribution < 1.29 is 80.2 Å². The lowest BCUT2D eigenvalue weighted by atomic mass is 9.99. The van der Waals surface area contributed by atoms with Crippen LogP contribution in [0.3, 0.4) is 0 Å². The highest BCUT2D eigenvalue weighted by Gasteiger charge is 2.30. The standard InChI is InChI=1S/C72H140O17P2/c1-8-10-11-12-13-14-15-22-25-32-41-48-55-71(76)89-68(60-83-70(75)54-47-40-35-34-37-44-51-64(5)6)62-87-91(80,81)85-58-66(73)57-84-90(78,79)86-61-67(59-82-69(74)53-46-39-31-28-27-30-38-45-52-65(7)9-2)88-72(77)56-49-42-33-26-23-20-18-16-17-19-21-24-29-36-43-50-63(3)4/h63-68,73H,8-62H2,1-7H3,(H,78,79)(H,80,81)/t65?,66-,67-,68-/m1/s1. The van der Waals surface area contributed by atoms with Crippen LogP contribution in [0.25, 0.3) is 0 Å². The fourth-order valence-corrected chi connectivity index (χ4v) is 12.4. The van der Waals surface area contributed by atoms with Crippen LogP contribution in [0.15, 0.2) is 0 Å². The smallest absolute Gasteiger partial charge is 0.462 e. The van der Waals surface area contributed by atoms with Crippen molar-refractivity contribution in [3.8, 4) is 0 Å². The molecule has 0 saturated heterocycles. The number of ether oxygens (including phenoxy) is 4. The van der Waals surface area contributed by atoms with Crippen molar-refractivity contribution in [2.24, 2.45) is 17.8 Å². The minimum atomic E-state index is -4.95. The van der Waals surface area contributed by atoms with Gasteiger partial charge in [-0.1, -0.05) is 312 Å². The number of carbonyl (C=O) groups is 4. The first-order valence-electron chi connectivity index (χ1n) is 37.4. The highest BCUT2D eigenvalue weighted by atomic mass is 31.2. The molecular weight excluding hydrogens is 1200 g/mol. The van der Waals surface area contributed by atoms with Gasteiger partial charge in [-0.3, -0.25) is 37.3 Å². The molecule has 6 atom stereocenters. The Balaban J connectivity index is 5.23. The molecule has 0 rings (SSSR count). The van der Waals surface area contributed by atoms with Crippen LogP contribution in [0.1, 0.15) is 363 Å². The highest BCUT2D eigenvalue weighted by molar-refractivity contribution is 7.47. The number of phosphoric acid groups is 2. The number of carbonyl (C=O) groups excluding carboxylic acids is 4. The predicted octanol–water partition coefficient (Wildman–Crippen LogP) is 20.6. The predicted molar refractivity (Wildman–Crippen MR) is 368 cm³/mol. The van der Waals surface area contributed by atoms with E-state index in [1.807, 2.05) is 0 Å². The Morgan fingerprint density at radius 2 is 0.560 bits per heavy atom. The van der Waals surface area contributed by atoms with E-state index < -0.39 is 97.5 Å². The minimum absolute atomic E-state index is 0.106. The van der Waals surface area contributed by atoms with Gasteiger partial charge in [0.15, 0.2) is 12.2 Å². The summed E-state index contributed by atoms with van der Waals surface area (Å²) in [6.07, 6.45) is 47.2. The average molecular weight is 1340 g/mol. The Morgan fingerprint density at radius 1 is 0.319 bits per heavy atom. The van der Waals surface area contributed by atoms with Gasteiger partial charge in [-0.2, -0.15) is 0 Å². The van der Waals surface area contributed by atoms with Crippen LogP contribution in [-0.4, -0.2) is 96.7 Å². The molecule has 0 aromatic heterocycles. The zero-order chi connectivity index (χ0) is 67.3. The fraction of sp³-hybridized carbons (Fsp3) is 0.944. The number of esters is 4. The van der Waals surface area contributed by atoms with Crippen molar-refractivity contribution in [3.63, 3.8) is 0 Å². The number of aliphatic hydroxyl groups excluding tert-OH is 1. The van der Waals surface area contributed by atoms with E-state index >= 15 is 0 Å². The highest BCUT2D eigenvalue weighted by Crippen LogP contribution is 2.45. The van der Waals surface area contributed by atoms with E-state index in [0.717, 1.165) is 108 Å². The van der Waals surface area contributed by atoms with Crippen LogP contribution in [0.5, 0.6) is 0 Å². The van der Waals surface area contributed by atoms with Gasteiger partial charge < -0.3 is 33.8 Å². The summed E-state index contributed by atoms with van der Waals surface area (Å²) < 4.78 is 68.3.